The first kappa shape index (κ1) is 31.2. The molecule has 0 saturated carbocycles. The first-order valence-corrected chi connectivity index (χ1v) is 15.0. The summed E-state index contributed by atoms with van der Waals surface area (Å²) in [6, 6.07) is 19.6. The van der Waals surface area contributed by atoms with Crippen molar-refractivity contribution < 1.29 is 22.7 Å². The summed E-state index contributed by atoms with van der Waals surface area (Å²) in [5.41, 5.74) is 1.28. The van der Waals surface area contributed by atoms with Gasteiger partial charge in [0.05, 0.1) is 17.7 Å². The maximum absolute atomic E-state index is 14.1. The van der Waals surface area contributed by atoms with E-state index in [1.54, 1.807) is 43.3 Å². The molecule has 8 nitrogen and oxygen atoms in total. The molecule has 2 amide bonds. The third-order valence-corrected chi connectivity index (χ3v) is 8.39. The molecule has 0 fully saturated rings. The minimum absolute atomic E-state index is 0.0309. The molecule has 3 aromatic rings. The maximum atomic E-state index is 14.1. The number of aryl methyl sites for hydroxylation is 1. The molecule has 214 valence electrons. The van der Waals surface area contributed by atoms with Crippen molar-refractivity contribution in [2.75, 3.05) is 18.0 Å². The number of benzene rings is 3. The van der Waals surface area contributed by atoms with Crippen LogP contribution in [0.5, 0.6) is 5.75 Å². The molecule has 1 N–H and O–H groups in total. The Kier molecular flexibility index (Phi) is 10.0. The van der Waals surface area contributed by atoms with Crippen LogP contribution in [-0.2, 0) is 26.2 Å². The Hall–Kier alpha value is -3.37. The van der Waals surface area contributed by atoms with Crippen LogP contribution >= 0.6 is 15.9 Å². The maximum Gasteiger partial charge on any atom is 0.264 e. The molecule has 0 spiro atoms. The van der Waals surface area contributed by atoms with Crippen LogP contribution in [-0.4, -0.2) is 50.4 Å². The number of ether oxygens (including phenoxy) is 1. The lowest BCUT2D eigenvalue weighted by atomic mass is 10.1. The van der Waals surface area contributed by atoms with Gasteiger partial charge in [-0.3, -0.25) is 13.9 Å². The van der Waals surface area contributed by atoms with E-state index >= 15 is 0 Å². The zero-order valence-corrected chi connectivity index (χ0v) is 26.0. The summed E-state index contributed by atoms with van der Waals surface area (Å²) in [5.74, 6) is -0.587. The number of carbonyl (C=O) groups excluding carboxylic acids is 2. The van der Waals surface area contributed by atoms with Crippen molar-refractivity contribution in [3.05, 3.63) is 88.4 Å². The first-order valence-electron chi connectivity index (χ1n) is 12.8. The van der Waals surface area contributed by atoms with Gasteiger partial charge in [0.2, 0.25) is 11.8 Å². The Morgan fingerprint density at radius 3 is 2.27 bits per heavy atom. The quantitative estimate of drug-likeness (QED) is 0.329. The Labute approximate surface area is 245 Å². The van der Waals surface area contributed by atoms with Gasteiger partial charge in [0, 0.05) is 16.6 Å². The highest BCUT2D eigenvalue weighted by Crippen LogP contribution is 2.33. The molecule has 3 aromatic carbocycles. The van der Waals surface area contributed by atoms with Gasteiger partial charge in [-0.05, 0) is 82.1 Å². The molecule has 10 heteroatoms. The van der Waals surface area contributed by atoms with Crippen LogP contribution in [0, 0.1) is 6.92 Å². The highest BCUT2D eigenvalue weighted by Gasteiger charge is 2.34. The van der Waals surface area contributed by atoms with E-state index in [1.807, 2.05) is 52.0 Å². The van der Waals surface area contributed by atoms with Gasteiger partial charge < -0.3 is 15.0 Å². The Balaban J connectivity index is 2.10. The number of halogens is 1. The number of sulfonamides is 1. The fourth-order valence-corrected chi connectivity index (χ4v) is 6.00. The molecule has 0 aromatic heterocycles. The standard InChI is InChI=1S/C30H36BrN3O5S/c1-21-15-16-27(39-6)26(17-21)34(40(37,38)25-13-8-7-9-14-25)20-28(35)33(19-23-11-10-12-24(31)18-23)22(2)29(36)32-30(3,4)5/h7-18,22H,19-20H2,1-6H3,(H,32,36). The van der Waals surface area contributed by atoms with Crippen molar-refractivity contribution >= 4 is 43.5 Å². The van der Waals surface area contributed by atoms with E-state index < -0.39 is 34.1 Å². The second kappa shape index (κ2) is 12.9. The number of hydrogen-bond acceptors (Lipinski definition) is 5. The number of hydrogen-bond donors (Lipinski definition) is 1. The number of rotatable bonds is 10. The molecule has 0 bridgehead atoms. The molecule has 40 heavy (non-hydrogen) atoms. The summed E-state index contributed by atoms with van der Waals surface area (Å²) in [6.07, 6.45) is 0. The van der Waals surface area contributed by atoms with Gasteiger partial charge >= 0.3 is 0 Å². The van der Waals surface area contributed by atoms with Crippen LogP contribution in [0.3, 0.4) is 0 Å². The van der Waals surface area contributed by atoms with Crippen LogP contribution in [0.2, 0.25) is 0 Å². The number of carbonyl (C=O) groups is 2. The van der Waals surface area contributed by atoms with Gasteiger partial charge in [-0.2, -0.15) is 0 Å². The van der Waals surface area contributed by atoms with Crippen molar-refractivity contribution in [3.63, 3.8) is 0 Å². The normalized spacial score (nSPS) is 12.4. The van der Waals surface area contributed by atoms with E-state index in [-0.39, 0.29) is 23.0 Å². The van der Waals surface area contributed by atoms with Crippen molar-refractivity contribution in [3.8, 4) is 5.75 Å². The minimum Gasteiger partial charge on any atom is -0.495 e. The fraction of sp³-hybridized carbons (Fsp3) is 0.333. The number of nitrogens with one attached hydrogen (secondary N) is 1. The fourth-order valence-electron chi connectivity index (χ4n) is 4.12. The van der Waals surface area contributed by atoms with Crippen LogP contribution in [0.15, 0.2) is 82.2 Å². The van der Waals surface area contributed by atoms with E-state index in [1.165, 1.54) is 24.1 Å². The molecule has 0 aliphatic carbocycles. The molecule has 0 heterocycles. The molecule has 0 aliphatic rings. The lowest BCUT2D eigenvalue weighted by Gasteiger charge is -2.33. The van der Waals surface area contributed by atoms with E-state index in [2.05, 4.69) is 21.2 Å². The molecule has 0 radical (unpaired) electrons. The van der Waals surface area contributed by atoms with E-state index in [4.69, 9.17) is 4.74 Å². The van der Waals surface area contributed by atoms with Crippen LogP contribution in [0.4, 0.5) is 5.69 Å². The Bertz CT molecular complexity index is 1460. The third-order valence-electron chi connectivity index (χ3n) is 6.12. The summed E-state index contributed by atoms with van der Waals surface area (Å²) in [5, 5.41) is 2.92. The first-order chi connectivity index (χ1) is 18.7. The van der Waals surface area contributed by atoms with Crippen molar-refractivity contribution in [2.24, 2.45) is 0 Å². The van der Waals surface area contributed by atoms with E-state index in [0.29, 0.717) is 5.75 Å². The Morgan fingerprint density at radius 2 is 1.68 bits per heavy atom. The zero-order chi connectivity index (χ0) is 29.7. The molecular formula is C30H36BrN3O5S. The summed E-state index contributed by atoms with van der Waals surface area (Å²) in [6.45, 7) is 8.60. The highest BCUT2D eigenvalue weighted by molar-refractivity contribution is 9.10. The number of methoxy groups -OCH3 is 1. The smallest absolute Gasteiger partial charge is 0.264 e. The second-order valence-corrected chi connectivity index (χ2v) is 13.3. The molecule has 3 rings (SSSR count). The van der Waals surface area contributed by atoms with E-state index in [9.17, 15) is 18.0 Å². The summed E-state index contributed by atoms with van der Waals surface area (Å²) in [4.78, 5) is 28.7. The average Bonchev–Trinajstić information content (AvgIpc) is 2.89. The van der Waals surface area contributed by atoms with Gasteiger partial charge in [0.15, 0.2) is 0 Å². The predicted octanol–water partition coefficient (Wildman–Crippen LogP) is 5.29. The number of nitrogens with zero attached hydrogens (tertiary/aromatic N) is 2. The van der Waals surface area contributed by atoms with Crippen LogP contribution in [0.1, 0.15) is 38.8 Å². The zero-order valence-electron chi connectivity index (χ0n) is 23.6. The van der Waals surface area contributed by atoms with Gasteiger partial charge in [-0.1, -0.05) is 52.3 Å². The number of amides is 2. The summed E-state index contributed by atoms with van der Waals surface area (Å²) >= 11 is 3.46. The van der Waals surface area contributed by atoms with Gasteiger partial charge in [-0.15, -0.1) is 0 Å². The topological polar surface area (TPSA) is 96.0 Å². The van der Waals surface area contributed by atoms with E-state index in [0.717, 1.165) is 19.9 Å². The van der Waals surface area contributed by atoms with Gasteiger partial charge in [0.1, 0.15) is 18.3 Å². The van der Waals surface area contributed by atoms with Crippen molar-refractivity contribution in [1.82, 2.24) is 10.2 Å². The van der Waals surface area contributed by atoms with Crippen molar-refractivity contribution in [2.45, 2.75) is 57.6 Å². The van der Waals surface area contributed by atoms with Gasteiger partial charge in [-0.25, -0.2) is 8.42 Å². The highest BCUT2D eigenvalue weighted by atomic mass is 79.9. The lowest BCUT2D eigenvalue weighted by Crippen LogP contribution is -2.54. The molecular weight excluding hydrogens is 594 g/mol. The third kappa shape index (κ3) is 7.85. The molecule has 1 unspecified atom stereocenters. The average molecular weight is 631 g/mol. The monoisotopic (exact) mass is 629 g/mol. The van der Waals surface area contributed by atoms with Crippen molar-refractivity contribution in [1.29, 1.82) is 0 Å². The predicted molar refractivity (Wildman–Crippen MR) is 161 cm³/mol. The second-order valence-electron chi connectivity index (χ2n) is 10.6. The summed E-state index contributed by atoms with van der Waals surface area (Å²) in [7, 11) is -2.74. The van der Waals surface area contributed by atoms with Crippen LogP contribution in [0.25, 0.3) is 0 Å². The SMILES string of the molecule is COc1ccc(C)cc1N(CC(=O)N(Cc1cccc(Br)c1)C(C)C(=O)NC(C)(C)C)S(=O)(=O)c1ccccc1. The number of anilines is 1. The summed E-state index contributed by atoms with van der Waals surface area (Å²) < 4.78 is 35.3. The molecule has 0 saturated heterocycles. The minimum atomic E-state index is -4.19. The van der Waals surface area contributed by atoms with Crippen LogP contribution < -0.4 is 14.4 Å². The largest absolute Gasteiger partial charge is 0.495 e. The lowest BCUT2D eigenvalue weighted by molar-refractivity contribution is -0.140. The molecule has 0 aliphatic heterocycles. The molecule has 1 atom stereocenters. The van der Waals surface area contributed by atoms with Gasteiger partial charge in [0.25, 0.3) is 10.0 Å². The Morgan fingerprint density at radius 1 is 1.00 bits per heavy atom.